The van der Waals surface area contributed by atoms with Crippen LogP contribution in [0.4, 0.5) is 0 Å². The first-order valence-electron chi connectivity index (χ1n) is 35.0. The molecule has 13 aromatic rings. The molecular weight excluding hydrogens is 1190 g/mol. The molecule has 0 bridgehead atoms. The third-order valence-electron chi connectivity index (χ3n) is 18.9. The van der Waals surface area contributed by atoms with Gasteiger partial charge in [0.05, 0.1) is 10.8 Å². The Balaban J connectivity index is 0.000000156. The average Bonchev–Trinajstić information content (AvgIpc) is 1.57. The first-order valence-corrected chi connectivity index (χ1v) is 35.0. The Morgan fingerprint density at radius 3 is 0.948 bits per heavy atom. The molecule has 494 valence electrons. The van der Waals surface area contributed by atoms with E-state index in [9.17, 15) is 20.4 Å². The fraction of sp³-hybridized carbons (Fsp3) is 0.217. The molecule has 0 heterocycles. The Hall–Kier alpha value is -10.4. The molecule has 97 heavy (non-hydrogen) atoms. The molecule has 13 aromatic carbocycles. The summed E-state index contributed by atoms with van der Waals surface area (Å²) < 4.78 is 0. The van der Waals surface area contributed by atoms with Crippen molar-refractivity contribution in [3.8, 4) is 51.0 Å². The molecule has 3 aliphatic rings. The molecule has 3 aliphatic carbocycles. The lowest BCUT2D eigenvalue weighted by atomic mass is 9.65. The summed E-state index contributed by atoms with van der Waals surface area (Å²) in [5.74, 6) is 3.34. The highest BCUT2D eigenvalue weighted by molar-refractivity contribution is 6.01. The van der Waals surface area contributed by atoms with Gasteiger partial charge in [-0.25, -0.2) is 0 Å². The van der Waals surface area contributed by atoms with E-state index >= 15 is 0 Å². The average molecular weight is 1280 g/mol. The molecule has 3 unspecified atom stereocenters. The van der Waals surface area contributed by atoms with Gasteiger partial charge in [0.25, 0.3) is 0 Å². The van der Waals surface area contributed by atoms with Gasteiger partial charge < -0.3 is 25.5 Å². The second-order valence-electron chi connectivity index (χ2n) is 24.8. The number of fused-ring (bicyclic) bond motifs is 8. The quantitative estimate of drug-likeness (QED) is 0.114. The zero-order valence-electron chi connectivity index (χ0n) is 58.6. The summed E-state index contributed by atoms with van der Waals surface area (Å²) in [5.41, 5.74) is 17.3. The molecular formula is C92H96O5. The van der Waals surface area contributed by atoms with E-state index in [4.69, 9.17) is 5.11 Å². The smallest absolute Gasteiger partial charge is 0.123 e. The van der Waals surface area contributed by atoms with E-state index < -0.39 is 10.8 Å². The highest BCUT2D eigenvalue weighted by Gasteiger charge is 2.48. The van der Waals surface area contributed by atoms with Crippen molar-refractivity contribution in [1.29, 1.82) is 0 Å². The van der Waals surface area contributed by atoms with Crippen LogP contribution in [-0.4, -0.2) is 25.5 Å². The third kappa shape index (κ3) is 13.6. The van der Waals surface area contributed by atoms with Gasteiger partial charge in [-0.1, -0.05) is 326 Å². The molecule has 5 N–H and O–H groups in total. The summed E-state index contributed by atoms with van der Waals surface area (Å²) in [4.78, 5) is 0. The summed E-state index contributed by atoms with van der Waals surface area (Å²) in [6.45, 7) is 25.5. The van der Waals surface area contributed by atoms with Gasteiger partial charge in [-0.3, -0.25) is 0 Å². The third-order valence-corrected chi connectivity index (χ3v) is 18.9. The molecule has 5 heteroatoms. The number of benzene rings is 13. The lowest BCUT2D eigenvalue weighted by molar-refractivity contribution is 0.474. The summed E-state index contributed by atoms with van der Waals surface area (Å²) in [5, 5.41) is 56.8. The van der Waals surface area contributed by atoms with Crippen LogP contribution in [0.1, 0.15) is 181 Å². The highest BCUT2D eigenvalue weighted by Crippen LogP contribution is 2.60. The van der Waals surface area contributed by atoms with E-state index in [1.807, 2.05) is 113 Å². The van der Waals surface area contributed by atoms with Crippen molar-refractivity contribution in [2.45, 2.75) is 131 Å². The number of hydrogen-bond acceptors (Lipinski definition) is 5. The van der Waals surface area contributed by atoms with Crippen molar-refractivity contribution in [1.82, 2.24) is 0 Å². The monoisotopic (exact) mass is 1280 g/mol. The second-order valence-corrected chi connectivity index (χ2v) is 24.8. The van der Waals surface area contributed by atoms with Gasteiger partial charge in [-0.05, 0) is 178 Å². The molecule has 3 atom stereocenters. The van der Waals surface area contributed by atoms with Gasteiger partial charge in [0.15, 0.2) is 0 Å². The zero-order chi connectivity index (χ0) is 69.4. The van der Waals surface area contributed by atoms with Crippen molar-refractivity contribution in [2.24, 2.45) is 0 Å². The normalized spacial score (nSPS) is 14.2. The largest absolute Gasteiger partial charge is 0.508 e. The first kappa shape index (κ1) is 70.9. The highest BCUT2D eigenvalue weighted by atomic mass is 16.3. The molecule has 0 radical (unpaired) electrons. The number of hydrogen-bond donors (Lipinski definition) is 5. The summed E-state index contributed by atoms with van der Waals surface area (Å²) in [6, 6.07) is 93.7. The van der Waals surface area contributed by atoms with E-state index in [1.54, 1.807) is 36.4 Å². The van der Waals surface area contributed by atoms with E-state index in [0.29, 0.717) is 23.5 Å². The second kappa shape index (κ2) is 32.4. The van der Waals surface area contributed by atoms with E-state index in [2.05, 4.69) is 213 Å². The lowest BCUT2D eigenvalue weighted by Gasteiger charge is -2.36. The van der Waals surface area contributed by atoms with Crippen molar-refractivity contribution < 1.29 is 25.5 Å². The molecule has 0 spiro atoms. The summed E-state index contributed by atoms with van der Waals surface area (Å²) >= 11 is 0. The lowest BCUT2D eigenvalue weighted by Crippen LogP contribution is -2.29. The van der Waals surface area contributed by atoms with Gasteiger partial charge >= 0.3 is 0 Å². The Bertz CT molecular complexity index is 4440. The standard InChI is InChI=1S/C33H22O2.C25H18O2.C14H14.C10H14O.2C3H8.2C2H6/c34-31-19-17-29(23-11-1-3-13-25(23)31)33(30-18-20-32(35)26-14-4-2-12-24(26)30)27-15-7-5-9-21(27)22-10-6-8-16-28(22)33;26-19-13-9-17(10-14-19)25(18-11-15-20(27)16-12-18)23-7-3-1-5-21(23)22-6-2-4-8-24(22)25;1-9-10(2)13-8-4-6-11-5-3-7-12(9)14(11)13;1-3-8(2)9-4-6-10(11)7-5-9;2*1-3-2;2*1-2/h1-20,34-35H;1-16,26-27H;3-10H,1-2H3;4-8,11H,3H2,1-2H3;2*3H2,1-2H3;2*1-2H3. The van der Waals surface area contributed by atoms with Crippen LogP contribution < -0.4 is 0 Å². The van der Waals surface area contributed by atoms with Crippen LogP contribution in [0.25, 0.3) is 54.6 Å². The fourth-order valence-electron chi connectivity index (χ4n) is 14.4. The van der Waals surface area contributed by atoms with E-state index in [-0.39, 0.29) is 23.0 Å². The van der Waals surface area contributed by atoms with Crippen molar-refractivity contribution in [3.05, 3.63) is 340 Å². The van der Waals surface area contributed by atoms with Gasteiger partial charge in [0, 0.05) is 10.8 Å². The zero-order valence-corrected chi connectivity index (χ0v) is 58.6. The predicted octanol–water partition coefficient (Wildman–Crippen LogP) is 25.1. The Morgan fingerprint density at radius 2 is 0.608 bits per heavy atom. The molecule has 0 fully saturated rings. The van der Waals surface area contributed by atoms with Crippen LogP contribution >= 0.6 is 0 Å². The van der Waals surface area contributed by atoms with Crippen molar-refractivity contribution in [3.63, 3.8) is 0 Å². The van der Waals surface area contributed by atoms with E-state index in [1.165, 1.54) is 84.8 Å². The van der Waals surface area contributed by atoms with Crippen molar-refractivity contribution >= 4 is 32.3 Å². The molecule has 16 rings (SSSR count). The first-order chi connectivity index (χ1) is 47.3. The molecule has 5 nitrogen and oxygen atoms in total. The van der Waals surface area contributed by atoms with Gasteiger partial charge in [-0.2, -0.15) is 0 Å². The Kier molecular flexibility index (Phi) is 23.7. The molecule has 0 aliphatic heterocycles. The number of aromatic hydroxyl groups is 5. The van der Waals surface area contributed by atoms with Crippen LogP contribution in [0, 0.1) is 0 Å². The minimum Gasteiger partial charge on any atom is -0.508 e. The molecule has 0 aromatic heterocycles. The summed E-state index contributed by atoms with van der Waals surface area (Å²) in [7, 11) is 0. The molecule has 0 saturated carbocycles. The maximum Gasteiger partial charge on any atom is 0.123 e. The van der Waals surface area contributed by atoms with E-state index in [0.717, 1.165) is 50.2 Å². The number of rotatable bonds is 6. The van der Waals surface area contributed by atoms with Crippen LogP contribution in [0.2, 0.25) is 0 Å². The van der Waals surface area contributed by atoms with Crippen molar-refractivity contribution in [2.75, 3.05) is 0 Å². The maximum atomic E-state index is 10.8. The SMILES string of the molecule is CC.CC.CC1c2cccc3cccc(c23)C1C.CCC.CCC.CCC(C)c1ccc(O)cc1.Oc1ccc(C2(c3ccc(O)c4ccccc34)c3ccccc3-c3ccccc32)c2ccccc12.Oc1ccc(C2(c3ccc(O)cc3)c3ccccc3-c3ccccc32)cc1. The minimum atomic E-state index is -0.631. The van der Waals surface area contributed by atoms with Gasteiger partial charge in [0.1, 0.15) is 28.7 Å². The minimum absolute atomic E-state index is 0.249. The summed E-state index contributed by atoms with van der Waals surface area (Å²) in [6.07, 6.45) is 3.64. The Morgan fingerprint density at radius 1 is 0.309 bits per heavy atom. The van der Waals surface area contributed by atoms with Crippen LogP contribution in [0.3, 0.4) is 0 Å². The van der Waals surface area contributed by atoms with Crippen LogP contribution in [-0.2, 0) is 10.8 Å². The Labute approximate surface area is 576 Å². The number of phenols is 5. The van der Waals surface area contributed by atoms with Crippen LogP contribution in [0.5, 0.6) is 28.7 Å². The number of phenolic OH excluding ortho intramolecular Hbond substituents is 5. The van der Waals surface area contributed by atoms with Crippen LogP contribution in [0.15, 0.2) is 279 Å². The molecule has 0 saturated heterocycles. The predicted molar refractivity (Wildman–Crippen MR) is 411 cm³/mol. The van der Waals surface area contributed by atoms with Gasteiger partial charge in [-0.15, -0.1) is 0 Å². The molecule has 0 amide bonds. The maximum absolute atomic E-state index is 10.8. The fourth-order valence-corrected chi connectivity index (χ4v) is 14.4. The topological polar surface area (TPSA) is 101 Å². The van der Waals surface area contributed by atoms with Gasteiger partial charge in [0.2, 0.25) is 0 Å².